The van der Waals surface area contributed by atoms with E-state index in [-0.39, 0.29) is 11.6 Å². The molecule has 0 radical (unpaired) electrons. The maximum atomic E-state index is 11.7. The first-order chi connectivity index (χ1) is 14.6. The van der Waals surface area contributed by atoms with Gasteiger partial charge in [0.2, 0.25) is 0 Å². The van der Waals surface area contributed by atoms with Crippen LogP contribution in [0, 0.1) is 0 Å². The minimum Gasteiger partial charge on any atom is -0.475 e. The van der Waals surface area contributed by atoms with Crippen molar-refractivity contribution in [3.8, 4) is 0 Å². The molecule has 0 saturated carbocycles. The Labute approximate surface area is 177 Å². The van der Waals surface area contributed by atoms with Crippen LogP contribution in [0.2, 0.25) is 0 Å². The Morgan fingerprint density at radius 1 is 0.833 bits per heavy atom. The lowest BCUT2D eigenvalue weighted by atomic mass is 9.84. The summed E-state index contributed by atoms with van der Waals surface area (Å²) in [5.74, 6) is -2.53. The topological polar surface area (TPSA) is 79.3 Å². The Morgan fingerprint density at radius 2 is 1.40 bits per heavy atom. The highest BCUT2D eigenvalue weighted by Crippen LogP contribution is 2.37. The van der Waals surface area contributed by atoms with Crippen molar-refractivity contribution >= 4 is 33.9 Å². The third-order valence-corrected chi connectivity index (χ3v) is 5.47. The van der Waals surface area contributed by atoms with E-state index in [1.807, 2.05) is 54.6 Å². The van der Waals surface area contributed by atoms with Gasteiger partial charge in [-0.3, -0.25) is 4.79 Å². The number of benzene rings is 3. The molecule has 0 aliphatic carbocycles. The SMILES string of the molecule is O=C(O)C(=O)c1csc(Nc2ccccc2C(c2ccccc2)c2ccccc2)n1. The predicted molar refractivity (Wildman–Crippen MR) is 118 cm³/mol. The van der Waals surface area contributed by atoms with Crippen molar-refractivity contribution in [1.29, 1.82) is 0 Å². The number of Topliss-reactive ketones (excluding diaryl/α,β-unsaturated/α-hetero) is 1. The number of carbonyl (C=O) groups excluding carboxylic acids is 1. The average Bonchev–Trinajstić information content (AvgIpc) is 3.24. The molecule has 0 spiro atoms. The molecule has 1 heterocycles. The third-order valence-electron chi connectivity index (χ3n) is 4.71. The smallest absolute Gasteiger partial charge is 0.378 e. The summed E-state index contributed by atoms with van der Waals surface area (Å²) < 4.78 is 0. The maximum Gasteiger partial charge on any atom is 0.378 e. The zero-order chi connectivity index (χ0) is 20.9. The Bertz CT molecular complexity index is 1130. The van der Waals surface area contributed by atoms with Crippen LogP contribution in [0.15, 0.2) is 90.3 Å². The number of carbonyl (C=O) groups is 2. The van der Waals surface area contributed by atoms with E-state index in [0.717, 1.165) is 22.4 Å². The standard InChI is InChI=1S/C24H18N2O3S/c27-22(23(28)29)20-15-30-24(26-20)25-19-14-8-7-13-18(19)21(16-9-3-1-4-10-16)17-11-5-2-6-12-17/h1-15,21H,(H,25,26)(H,28,29). The van der Waals surface area contributed by atoms with Crippen LogP contribution in [0.4, 0.5) is 10.8 Å². The number of aromatic nitrogens is 1. The number of ketones is 1. The summed E-state index contributed by atoms with van der Waals surface area (Å²) in [5, 5.41) is 14.1. The molecule has 1 aromatic heterocycles. The molecule has 30 heavy (non-hydrogen) atoms. The van der Waals surface area contributed by atoms with Gasteiger partial charge in [0.05, 0.1) is 0 Å². The lowest BCUT2D eigenvalue weighted by molar-refractivity contribution is -0.131. The molecule has 0 bridgehead atoms. The largest absolute Gasteiger partial charge is 0.475 e. The van der Waals surface area contributed by atoms with Crippen molar-refractivity contribution in [2.24, 2.45) is 0 Å². The minimum absolute atomic E-state index is 0.00353. The summed E-state index contributed by atoms with van der Waals surface area (Å²) in [6.07, 6.45) is 0. The number of hydrogen-bond acceptors (Lipinski definition) is 5. The van der Waals surface area contributed by atoms with Crippen molar-refractivity contribution in [2.45, 2.75) is 5.92 Å². The molecular formula is C24H18N2O3S. The van der Waals surface area contributed by atoms with Gasteiger partial charge in [0.1, 0.15) is 5.69 Å². The summed E-state index contributed by atoms with van der Waals surface area (Å²) in [6.45, 7) is 0. The van der Waals surface area contributed by atoms with E-state index in [1.165, 1.54) is 16.7 Å². The molecule has 0 aliphatic rings. The molecule has 3 aromatic carbocycles. The van der Waals surface area contributed by atoms with Crippen molar-refractivity contribution < 1.29 is 14.7 Å². The molecule has 0 saturated heterocycles. The molecule has 5 nitrogen and oxygen atoms in total. The van der Waals surface area contributed by atoms with Gasteiger partial charge in [-0.2, -0.15) is 0 Å². The number of para-hydroxylation sites is 1. The lowest BCUT2D eigenvalue weighted by Gasteiger charge is -2.22. The number of nitrogens with one attached hydrogen (secondary N) is 1. The van der Waals surface area contributed by atoms with E-state index >= 15 is 0 Å². The van der Waals surface area contributed by atoms with E-state index in [1.54, 1.807) is 0 Å². The molecule has 148 valence electrons. The Kier molecular flexibility index (Phi) is 5.68. The number of anilines is 2. The van der Waals surface area contributed by atoms with E-state index < -0.39 is 11.8 Å². The summed E-state index contributed by atoms with van der Waals surface area (Å²) in [6, 6.07) is 28.4. The van der Waals surface area contributed by atoms with Crippen molar-refractivity contribution in [1.82, 2.24) is 4.98 Å². The first kappa shape index (κ1) is 19.5. The van der Waals surface area contributed by atoms with Gasteiger partial charge in [-0.05, 0) is 22.8 Å². The molecule has 0 unspecified atom stereocenters. The summed E-state index contributed by atoms with van der Waals surface area (Å²) in [4.78, 5) is 26.7. The summed E-state index contributed by atoms with van der Waals surface area (Å²) in [5.41, 5.74) is 4.13. The number of carboxylic acid groups (broad SMARTS) is 1. The molecule has 2 N–H and O–H groups in total. The van der Waals surface area contributed by atoms with Gasteiger partial charge in [0.25, 0.3) is 5.78 Å². The zero-order valence-electron chi connectivity index (χ0n) is 15.9. The van der Waals surface area contributed by atoms with Crippen molar-refractivity contribution in [3.05, 3.63) is 113 Å². The monoisotopic (exact) mass is 414 g/mol. The van der Waals surface area contributed by atoms with Gasteiger partial charge in [-0.15, -0.1) is 11.3 Å². The van der Waals surface area contributed by atoms with Crippen LogP contribution in [0.3, 0.4) is 0 Å². The average molecular weight is 414 g/mol. The molecule has 0 fully saturated rings. The normalized spacial score (nSPS) is 10.7. The van der Waals surface area contributed by atoms with Crippen molar-refractivity contribution in [3.63, 3.8) is 0 Å². The van der Waals surface area contributed by atoms with Crippen LogP contribution in [0.5, 0.6) is 0 Å². The number of aliphatic carboxylic acids is 1. The molecular weight excluding hydrogens is 396 g/mol. The first-order valence-electron chi connectivity index (χ1n) is 9.32. The predicted octanol–water partition coefficient (Wildman–Crippen LogP) is 5.33. The number of carboxylic acids is 1. The van der Waals surface area contributed by atoms with Crippen LogP contribution in [0.1, 0.15) is 33.1 Å². The van der Waals surface area contributed by atoms with Crippen LogP contribution in [-0.4, -0.2) is 21.8 Å². The number of hydrogen-bond donors (Lipinski definition) is 2. The fourth-order valence-electron chi connectivity index (χ4n) is 3.37. The number of rotatable bonds is 7. The highest BCUT2D eigenvalue weighted by atomic mass is 32.1. The molecule has 4 rings (SSSR count). The second-order valence-electron chi connectivity index (χ2n) is 6.64. The quantitative estimate of drug-likeness (QED) is 0.243. The highest BCUT2D eigenvalue weighted by Gasteiger charge is 2.21. The second kappa shape index (κ2) is 8.71. The third kappa shape index (κ3) is 4.14. The Balaban J connectivity index is 1.74. The van der Waals surface area contributed by atoms with E-state index in [9.17, 15) is 9.59 Å². The van der Waals surface area contributed by atoms with Crippen LogP contribution < -0.4 is 5.32 Å². The highest BCUT2D eigenvalue weighted by molar-refractivity contribution is 7.14. The molecule has 6 heteroatoms. The minimum atomic E-state index is -1.51. The Hall–Kier alpha value is -3.77. The molecule has 0 atom stereocenters. The van der Waals surface area contributed by atoms with E-state index in [2.05, 4.69) is 40.6 Å². The van der Waals surface area contributed by atoms with E-state index in [4.69, 9.17) is 5.11 Å². The first-order valence-corrected chi connectivity index (χ1v) is 10.2. The molecule has 0 amide bonds. The molecule has 0 aliphatic heterocycles. The van der Waals surface area contributed by atoms with Gasteiger partial charge in [0.15, 0.2) is 5.13 Å². The van der Waals surface area contributed by atoms with Gasteiger partial charge >= 0.3 is 5.97 Å². The van der Waals surface area contributed by atoms with E-state index in [0.29, 0.717) is 5.13 Å². The van der Waals surface area contributed by atoms with Gasteiger partial charge < -0.3 is 10.4 Å². The lowest BCUT2D eigenvalue weighted by Crippen LogP contribution is -2.13. The Morgan fingerprint density at radius 3 is 2.00 bits per heavy atom. The van der Waals surface area contributed by atoms with Gasteiger partial charge in [-0.25, -0.2) is 9.78 Å². The fraction of sp³-hybridized carbons (Fsp3) is 0.0417. The van der Waals surface area contributed by atoms with Crippen LogP contribution in [-0.2, 0) is 4.79 Å². The van der Waals surface area contributed by atoms with Crippen LogP contribution in [0.25, 0.3) is 0 Å². The maximum absolute atomic E-state index is 11.7. The number of nitrogens with zero attached hydrogens (tertiary/aromatic N) is 1. The van der Waals surface area contributed by atoms with Crippen molar-refractivity contribution in [2.75, 3.05) is 5.32 Å². The van der Waals surface area contributed by atoms with Gasteiger partial charge in [0, 0.05) is 17.0 Å². The molecule has 4 aromatic rings. The fourth-order valence-corrected chi connectivity index (χ4v) is 4.07. The van der Waals surface area contributed by atoms with Crippen LogP contribution >= 0.6 is 11.3 Å². The zero-order valence-corrected chi connectivity index (χ0v) is 16.7. The summed E-state index contributed by atoms with van der Waals surface area (Å²) >= 11 is 1.20. The number of thiazole rings is 1. The summed E-state index contributed by atoms with van der Waals surface area (Å²) in [7, 11) is 0. The second-order valence-corrected chi connectivity index (χ2v) is 7.50. The van der Waals surface area contributed by atoms with Gasteiger partial charge in [-0.1, -0.05) is 78.9 Å².